The first-order valence-corrected chi connectivity index (χ1v) is 53.2. The summed E-state index contributed by atoms with van der Waals surface area (Å²) in [5, 5.41) is 47.3. The van der Waals surface area contributed by atoms with E-state index in [1.54, 1.807) is 0 Å². The second kappa shape index (κ2) is 45.6. The van der Waals surface area contributed by atoms with Crippen molar-refractivity contribution >= 4 is 135 Å². The Morgan fingerprint density at radius 3 is 1.08 bits per heavy atom. The van der Waals surface area contributed by atoms with Gasteiger partial charge in [0, 0.05) is 177 Å². The lowest BCUT2D eigenvalue weighted by molar-refractivity contribution is -0.660. The molecule has 8 aliphatic rings. The molecule has 1 N–H and O–H groups in total. The van der Waals surface area contributed by atoms with Crippen LogP contribution in [0.5, 0.6) is 0 Å². The first-order valence-electron chi connectivity index (χ1n) is 46.0. The lowest BCUT2D eigenvalue weighted by atomic mass is 9.76. The fourth-order valence-corrected chi connectivity index (χ4v) is 19.7. The van der Waals surface area contributed by atoms with Gasteiger partial charge in [-0.2, -0.15) is 0 Å². The lowest BCUT2D eigenvalue weighted by Gasteiger charge is -2.39. The van der Waals surface area contributed by atoms with Gasteiger partial charge >= 0.3 is 0 Å². The molecule has 5 atom stereocenters. The maximum Gasteiger partial charge on any atom is 0.255 e. The van der Waals surface area contributed by atoms with Crippen molar-refractivity contribution in [1.29, 1.82) is 0 Å². The molecule has 17 rings (SSSR count). The molecule has 8 aliphatic heterocycles. The number of fused-ring (bicyclic) bond motifs is 12. The molecule has 9 heterocycles. The number of nitrogens with zero attached hydrogens (tertiary/aromatic N) is 11. The summed E-state index contributed by atoms with van der Waals surface area (Å²) in [6, 6.07) is 67.6. The highest BCUT2D eigenvalue weighted by Gasteiger charge is 2.63. The molecule has 0 amide bonds. The molecule has 0 spiro atoms. The van der Waals surface area contributed by atoms with Gasteiger partial charge in [0.05, 0.1) is 132 Å². The zero-order chi connectivity index (χ0) is 106. The number of anilines is 7. The Morgan fingerprint density at radius 1 is 0.413 bits per heavy atom. The van der Waals surface area contributed by atoms with Crippen LogP contribution in [0.15, 0.2) is 223 Å². The highest BCUT2D eigenvalue weighted by molar-refractivity contribution is 7.94. The maximum absolute atomic E-state index is 9.47. The molecule has 1 aromatic heterocycles. The van der Waals surface area contributed by atoms with E-state index >= 15 is 0 Å². The van der Waals surface area contributed by atoms with Crippen molar-refractivity contribution in [2.45, 2.75) is 105 Å². The van der Waals surface area contributed by atoms with Crippen LogP contribution in [0.1, 0.15) is 99.9 Å². The summed E-state index contributed by atoms with van der Waals surface area (Å²) in [7, 11) is 23.3. The van der Waals surface area contributed by atoms with Gasteiger partial charge in [0.25, 0.3) is 30.4 Å². The molecule has 5 unspecified atom stereocenters. The van der Waals surface area contributed by atoms with Crippen LogP contribution in [0, 0.1) is 0 Å². The van der Waals surface area contributed by atoms with Crippen molar-refractivity contribution < 1.29 is 111 Å². The molecule has 0 bridgehead atoms. The molecule has 0 saturated carbocycles. The van der Waals surface area contributed by atoms with Crippen LogP contribution in [-0.4, -0.2) is 239 Å². The van der Waals surface area contributed by atoms with Crippen molar-refractivity contribution in [2.24, 2.45) is 7.05 Å². The highest BCUT2D eigenvalue weighted by Crippen LogP contribution is 2.60. The van der Waals surface area contributed by atoms with Crippen molar-refractivity contribution in [3.8, 4) is 11.3 Å². The molecule has 8 aromatic carbocycles. The molecule has 778 valence electrons. The number of ether oxygens (including phenoxy) is 4. The molecule has 34 nitrogen and oxygen atoms in total. The molecule has 143 heavy (non-hydrogen) atoms. The highest BCUT2D eigenvalue weighted by atomic mass is 32.2. The quantitative estimate of drug-likeness (QED) is 0.0164. The first kappa shape index (κ1) is 115. The average molecular weight is 2070 g/mol. The van der Waals surface area contributed by atoms with Crippen LogP contribution < -0.4 is 73.3 Å². The first-order chi connectivity index (χ1) is 66.6. The number of hydrogen-bond donors (Lipinski definition) is 1. The number of para-hydroxylation sites is 1. The predicted molar refractivity (Wildman–Crippen MR) is 561 cm³/mol. The molecular formula is C104H138N11O23S5-. The number of pyridine rings is 1. The second-order valence-electron chi connectivity index (χ2n) is 41.0. The maximum atomic E-state index is 9.47. The predicted octanol–water partition coefficient (Wildman–Crippen LogP) is 11.4. The standard InChI is InChI=1S/C28H32N3O.C26H37N3O.C25H34N3O.C22H26N2O4S.3CH4O4S.H2O4S/c1-27(2)24-20-22(25-8-6-7-17-30(25)5)11-14-26(24)31-18-19-32-28(27,31)16-15-21-9-12-23(13-10-21)29(3)4;1-25(2)21-11-9-10-12-22(21)27-17-18-30-26(25,27)16-15-20-13-14-23(28(3,4)5)24(19-20)29(6,7)8;1-24(2)22-18-21(28(5,6)7)12-13-23(22)27-16-17-29-25(24,27)15-14-19-8-10-20(11-9-19)26(3)4;1-21(2)19-15-18(29-28-27-25)9-10-20(19)24-13-14-26-22(21,24)12-11-16-5-7-17(8-6-16)23(3)4;3*1-6(3,4)5-2;1-4-5(2)3/h6-17,20H,18-19H2,1-5H3;9-16,19H,17-18H2,1-8H3;8-15,18H,16-17H2,1-7H3;5-12,15,25H,13-14H2,1-4H3;3*2H,1H3;1H,(H,2,3)/q+1;+2;+1;;;;;/p-5. The summed E-state index contributed by atoms with van der Waals surface area (Å²) in [4.78, 5) is 16.9. The largest absolute Gasteiger partial charge is 0.750 e. The topological polar surface area (TPSA) is 374 Å². The van der Waals surface area contributed by atoms with Crippen LogP contribution in [0.25, 0.3) is 35.6 Å². The van der Waals surface area contributed by atoms with Crippen LogP contribution in [0.4, 0.5) is 56.9 Å². The minimum atomic E-state index is -3.72. The van der Waals surface area contributed by atoms with E-state index in [0.29, 0.717) is 25.4 Å². The summed E-state index contributed by atoms with van der Waals surface area (Å²) in [5.41, 5.74) is 22.4. The lowest BCUT2D eigenvalue weighted by Crippen LogP contribution is -2.51. The number of hydrogen-bond acceptors (Lipinski definition) is 31. The van der Waals surface area contributed by atoms with Gasteiger partial charge in [-0.05, 0) is 166 Å². The fourth-order valence-electron chi connectivity index (χ4n) is 19.3. The summed E-state index contributed by atoms with van der Waals surface area (Å²) in [5.74, 6) is 0. The zero-order valence-corrected chi connectivity index (χ0v) is 90.7. The Kier molecular flexibility index (Phi) is 36.7. The average Bonchev–Trinajstić information content (AvgIpc) is 1.55. The van der Waals surface area contributed by atoms with Gasteiger partial charge in [0.1, 0.15) is 12.7 Å². The van der Waals surface area contributed by atoms with E-state index in [2.05, 4.69) is 456 Å². The number of aryl methyl sites for hydroxylation is 1. The number of benzene rings is 8. The molecule has 4 fully saturated rings. The van der Waals surface area contributed by atoms with Gasteiger partial charge in [-0.3, -0.25) is 13.4 Å². The number of quaternary nitrogens is 3. The minimum absolute atomic E-state index is 0.123. The monoisotopic (exact) mass is 2070 g/mol. The summed E-state index contributed by atoms with van der Waals surface area (Å²) < 4.78 is 120. The van der Waals surface area contributed by atoms with Gasteiger partial charge in [0.2, 0.25) is 5.69 Å². The van der Waals surface area contributed by atoms with Crippen LogP contribution in [0.2, 0.25) is 0 Å². The van der Waals surface area contributed by atoms with Crippen molar-refractivity contribution in [2.75, 3.05) is 211 Å². The number of aromatic nitrogens is 1. The van der Waals surface area contributed by atoms with E-state index in [1.807, 2.05) is 20.2 Å². The summed E-state index contributed by atoms with van der Waals surface area (Å²) >= 11 is -1.90. The normalized spacial score (nSPS) is 20.7. The van der Waals surface area contributed by atoms with E-state index in [1.165, 1.54) is 101 Å². The molecular weight excluding hydrogens is 1930 g/mol. The molecule has 4 saturated heterocycles. The second-order valence-corrected chi connectivity index (χ2v) is 47.0. The Balaban J connectivity index is 0.000000182. The zero-order valence-electron chi connectivity index (χ0n) is 86.6. The number of rotatable bonds is 22. The van der Waals surface area contributed by atoms with Gasteiger partial charge in [-0.15, -0.1) is 4.33 Å². The Bertz CT molecular complexity index is 6350. The van der Waals surface area contributed by atoms with Crippen molar-refractivity contribution in [3.63, 3.8) is 0 Å². The van der Waals surface area contributed by atoms with Gasteiger partial charge in [0.15, 0.2) is 40.5 Å². The SMILES string of the molecule is CC1(C)c2ccccc2N2CCOC21C=Cc1ccc([N+](C)(C)C)c([N+](C)(C)C)c1.CN(C)c1ccc(C=CC23OCCN2c2ccc(-c4cccc[n+]4C)cc2C3(C)C)cc1.CN(C)c1ccc(C=CC23OCCN2c2ccc(SOOO)cc2C3(C)C)cc1.CN(C)c1ccc(C=CC23OCCN2c2ccc([N+](C)(C)C)cc2C3(C)C)cc1.CS(=O)(=O)O[O-].CS(=O)(=O)O[O-].CS(=O)(=O)O[O-].O=S([O-])O[O-]. The van der Waals surface area contributed by atoms with Crippen molar-refractivity contribution in [3.05, 3.63) is 263 Å². The van der Waals surface area contributed by atoms with Crippen molar-refractivity contribution in [1.82, 2.24) is 13.4 Å². The third kappa shape index (κ3) is 25.7. The minimum Gasteiger partial charge on any atom is -0.750 e. The Hall–Kier alpha value is -9.94. The molecule has 9 aromatic rings. The van der Waals surface area contributed by atoms with E-state index < -0.39 is 64.6 Å². The third-order valence-corrected chi connectivity index (χ3v) is 28.3. The smallest absolute Gasteiger partial charge is 0.255 e. The summed E-state index contributed by atoms with van der Waals surface area (Å²) in [6.07, 6.45) is 22.0. The van der Waals surface area contributed by atoms with Crippen LogP contribution in [-0.2, 0) is 116 Å². The molecule has 0 radical (unpaired) electrons. The molecule has 0 aliphatic carbocycles. The van der Waals surface area contributed by atoms with E-state index in [-0.39, 0.29) is 21.7 Å². The Morgan fingerprint density at radius 2 is 0.734 bits per heavy atom. The van der Waals surface area contributed by atoms with Crippen LogP contribution in [0.3, 0.4) is 0 Å². The van der Waals surface area contributed by atoms with E-state index in [4.69, 9.17) is 54.0 Å². The van der Waals surface area contributed by atoms with Crippen LogP contribution >= 0.6 is 12.0 Å². The third-order valence-electron chi connectivity index (χ3n) is 26.8. The van der Waals surface area contributed by atoms with Gasteiger partial charge < -0.3 is 96.2 Å². The Labute approximate surface area is 850 Å². The summed E-state index contributed by atoms with van der Waals surface area (Å²) in [6.45, 7) is 24.8. The van der Waals surface area contributed by atoms with Gasteiger partial charge in [-0.1, -0.05) is 139 Å². The van der Waals surface area contributed by atoms with E-state index in [9.17, 15) is 25.3 Å². The van der Waals surface area contributed by atoms with E-state index in [0.717, 1.165) is 87.6 Å². The molecule has 39 heteroatoms. The van der Waals surface area contributed by atoms with Gasteiger partial charge in [-0.25, -0.2) is 39.3 Å². The fraction of sp³-hybridized carbons (Fsp3) is 0.413.